The molecule has 4 heteroatoms. The van der Waals surface area contributed by atoms with E-state index in [0.717, 1.165) is 5.56 Å². The molecule has 0 radical (unpaired) electrons. The Labute approximate surface area is 87.3 Å². The quantitative estimate of drug-likeness (QED) is 0.748. The number of rotatable bonds is 3. The molecule has 0 atom stereocenters. The van der Waals surface area contributed by atoms with E-state index < -0.39 is 0 Å². The molecule has 0 aliphatic carbocycles. The van der Waals surface area contributed by atoms with E-state index in [9.17, 15) is 4.79 Å². The lowest BCUT2D eigenvalue weighted by molar-refractivity contribution is -0.117. The highest BCUT2D eigenvalue weighted by atomic mass is 35.5. The van der Waals surface area contributed by atoms with Gasteiger partial charge in [0.2, 0.25) is 5.91 Å². The van der Waals surface area contributed by atoms with E-state index in [1.54, 1.807) is 30.4 Å². The third-order valence-corrected chi connectivity index (χ3v) is 1.98. The molecule has 74 valence electrons. The van der Waals surface area contributed by atoms with Crippen LogP contribution in [0.4, 0.5) is 5.69 Å². The summed E-state index contributed by atoms with van der Waals surface area (Å²) < 4.78 is 0. The van der Waals surface area contributed by atoms with Crippen molar-refractivity contribution in [3.8, 4) is 0 Å². The third kappa shape index (κ3) is 3.11. The second-order valence-electron chi connectivity index (χ2n) is 2.85. The van der Waals surface area contributed by atoms with Crippen LogP contribution in [-0.2, 0) is 4.79 Å². The molecule has 14 heavy (non-hydrogen) atoms. The topological polar surface area (TPSA) is 69.1 Å². The number of halogens is 1. The van der Waals surface area contributed by atoms with Crippen molar-refractivity contribution in [1.29, 1.82) is 0 Å². The molecule has 0 aliphatic heterocycles. The van der Waals surface area contributed by atoms with Gasteiger partial charge in [0.25, 0.3) is 0 Å². The van der Waals surface area contributed by atoms with Crippen molar-refractivity contribution in [2.24, 2.45) is 5.73 Å². The van der Waals surface area contributed by atoms with Gasteiger partial charge >= 0.3 is 0 Å². The van der Waals surface area contributed by atoms with Crippen LogP contribution in [0.3, 0.4) is 0 Å². The van der Waals surface area contributed by atoms with E-state index in [4.69, 9.17) is 23.1 Å². The summed E-state index contributed by atoms with van der Waals surface area (Å²) in [5.41, 5.74) is 12.0. The Morgan fingerprint density at radius 2 is 2.21 bits per heavy atom. The minimum atomic E-state index is -0.374. The van der Waals surface area contributed by atoms with E-state index in [-0.39, 0.29) is 12.3 Å². The Balaban J connectivity index is 2.80. The Hall–Kier alpha value is -1.48. The summed E-state index contributed by atoms with van der Waals surface area (Å²) in [6.07, 6.45) is 3.58. The van der Waals surface area contributed by atoms with Gasteiger partial charge in [-0.25, -0.2) is 0 Å². The normalized spacial score (nSPS) is 10.6. The summed E-state index contributed by atoms with van der Waals surface area (Å²) in [5, 5.41) is 0.597. The molecule has 1 aromatic rings. The molecule has 0 aromatic heterocycles. The Morgan fingerprint density at radius 3 is 2.86 bits per heavy atom. The smallest absolute Gasteiger partial charge is 0.221 e. The highest BCUT2D eigenvalue weighted by Gasteiger charge is 1.96. The summed E-state index contributed by atoms with van der Waals surface area (Å²) in [6, 6.07) is 5.16. The highest BCUT2D eigenvalue weighted by Crippen LogP contribution is 2.20. The average Bonchev–Trinajstić information content (AvgIpc) is 2.10. The second kappa shape index (κ2) is 4.67. The predicted molar refractivity (Wildman–Crippen MR) is 58.7 cm³/mol. The molecule has 0 saturated carbocycles. The number of primary amides is 1. The number of hydrogen-bond acceptors (Lipinski definition) is 2. The first kappa shape index (κ1) is 10.6. The van der Waals surface area contributed by atoms with Crippen molar-refractivity contribution in [2.45, 2.75) is 6.42 Å². The lowest BCUT2D eigenvalue weighted by atomic mass is 10.2. The van der Waals surface area contributed by atoms with Crippen LogP contribution in [0.25, 0.3) is 6.08 Å². The summed E-state index contributed by atoms with van der Waals surface area (Å²) in [5.74, 6) is -0.374. The largest absolute Gasteiger partial charge is 0.399 e. The summed E-state index contributed by atoms with van der Waals surface area (Å²) in [4.78, 5) is 10.5. The fourth-order valence-corrected chi connectivity index (χ4v) is 1.17. The van der Waals surface area contributed by atoms with Gasteiger partial charge in [0, 0.05) is 17.1 Å². The molecule has 1 amide bonds. The van der Waals surface area contributed by atoms with Crippen LogP contribution >= 0.6 is 11.6 Å². The van der Waals surface area contributed by atoms with Crippen LogP contribution in [0.5, 0.6) is 0 Å². The van der Waals surface area contributed by atoms with Crippen LogP contribution in [0.1, 0.15) is 12.0 Å². The van der Waals surface area contributed by atoms with Crippen LogP contribution in [0, 0.1) is 0 Å². The molecule has 1 rings (SSSR count). The molecule has 0 heterocycles. The maximum absolute atomic E-state index is 10.5. The number of anilines is 1. The number of benzene rings is 1. The number of carbonyl (C=O) groups is 1. The Kier molecular flexibility index (Phi) is 3.54. The monoisotopic (exact) mass is 210 g/mol. The summed E-state index contributed by atoms with van der Waals surface area (Å²) in [7, 11) is 0. The highest BCUT2D eigenvalue weighted by molar-refractivity contribution is 6.32. The first-order valence-electron chi connectivity index (χ1n) is 4.09. The van der Waals surface area contributed by atoms with Gasteiger partial charge in [-0.3, -0.25) is 4.79 Å². The molecule has 0 unspecified atom stereocenters. The van der Waals surface area contributed by atoms with Gasteiger partial charge in [0.1, 0.15) is 0 Å². The molecular weight excluding hydrogens is 200 g/mol. The predicted octanol–water partition coefficient (Wildman–Crippen LogP) is 1.81. The number of hydrogen-bond donors (Lipinski definition) is 2. The van der Waals surface area contributed by atoms with Crippen LogP contribution in [0.2, 0.25) is 5.02 Å². The first-order valence-corrected chi connectivity index (χ1v) is 4.47. The van der Waals surface area contributed by atoms with E-state index in [1.807, 2.05) is 0 Å². The standard InChI is InChI=1S/C10H11ClN2O/c11-9-5-4-8(12)6-7(9)2-1-3-10(13)14/h1-2,4-6H,3,12H2,(H2,13,14). The summed E-state index contributed by atoms with van der Waals surface area (Å²) in [6.45, 7) is 0. The van der Waals surface area contributed by atoms with Crippen molar-refractivity contribution < 1.29 is 4.79 Å². The van der Waals surface area contributed by atoms with E-state index in [2.05, 4.69) is 0 Å². The Bertz CT molecular complexity index is 374. The van der Waals surface area contributed by atoms with Crippen LogP contribution in [-0.4, -0.2) is 5.91 Å². The molecule has 0 fully saturated rings. The van der Waals surface area contributed by atoms with Crippen molar-refractivity contribution in [3.05, 3.63) is 34.9 Å². The molecular formula is C10H11ClN2O. The minimum Gasteiger partial charge on any atom is -0.399 e. The van der Waals surface area contributed by atoms with Crippen molar-refractivity contribution in [3.63, 3.8) is 0 Å². The molecule has 0 aliphatic rings. The number of nitrogen functional groups attached to an aromatic ring is 1. The lowest BCUT2D eigenvalue weighted by Gasteiger charge is -1.99. The van der Waals surface area contributed by atoms with E-state index >= 15 is 0 Å². The lowest BCUT2D eigenvalue weighted by Crippen LogP contribution is -2.07. The molecule has 1 aromatic carbocycles. The summed E-state index contributed by atoms with van der Waals surface area (Å²) >= 11 is 5.89. The maximum atomic E-state index is 10.5. The van der Waals surface area contributed by atoms with Crippen LogP contribution in [0.15, 0.2) is 24.3 Å². The van der Waals surface area contributed by atoms with E-state index in [1.165, 1.54) is 0 Å². The van der Waals surface area contributed by atoms with Crippen LogP contribution < -0.4 is 11.5 Å². The third-order valence-electron chi connectivity index (χ3n) is 1.64. The van der Waals surface area contributed by atoms with Gasteiger partial charge in [0.05, 0.1) is 0 Å². The molecule has 0 spiro atoms. The number of carbonyl (C=O) groups excluding carboxylic acids is 1. The number of nitrogens with two attached hydrogens (primary N) is 2. The molecule has 4 N–H and O–H groups in total. The van der Waals surface area contributed by atoms with E-state index in [0.29, 0.717) is 10.7 Å². The Morgan fingerprint density at radius 1 is 1.50 bits per heavy atom. The van der Waals surface area contributed by atoms with Crippen molar-refractivity contribution in [2.75, 3.05) is 5.73 Å². The van der Waals surface area contributed by atoms with Gasteiger partial charge in [-0.2, -0.15) is 0 Å². The zero-order chi connectivity index (χ0) is 10.6. The van der Waals surface area contributed by atoms with Gasteiger partial charge in [0.15, 0.2) is 0 Å². The van der Waals surface area contributed by atoms with Gasteiger partial charge in [-0.1, -0.05) is 23.8 Å². The molecule has 3 nitrogen and oxygen atoms in total. The zero-order valence-electron chi connectivity index (χ0n) is 7.53. The fourth-order valence-electron chi connectivity index (χ4n) is 0.992. The van der Waals surface area contributed by atoms with Gasteiger partial charge in [-0.05, 0) is 23.8 Å². The zero-order valence-corrected chi connectivity index (χ0v) is 8.29. The van der Waals surface area contributed by atoms with Crippen molar-refractivity contribution >= 4 is 29.3 Å². The van der Waals surface area contributed by atoms with Gasteiger partial charge in [-0.15, -0.1) is 0 Å². The van der Waals surface area contributed by atoms with Crippen molar-refractivity contribution in [1.82, 2.24) is 0 Å². The number of amides is 1. The fraction of sp³-hybridized carbons (Fsp3) is 0.100. The molecule has 0 bridgehead atoms. The average molecular weight is 211 g/mol. The second-order valence-corrected chi connectivity index (χ2v) is 3.26. The molecule has 0 saturated heterocycles. The first-order chi connectivity index (χ1) is 6.59. The minimum absolute atomic E-state index is 0.200. The van der Waals surface area contributed by atoms with Gasteiger partial charge < -0.3 is 11.5 Å². The maximum Gasteiger partial charge on any atom is 0.221 e. The SMILES string of the molecule is NC(=O)CC=Cc1cc(N)ccc1Cl.